The second-order valence-electron chi connectivity index (χ2n) is 9.52. The molecule has 0 fully saturated rings. The summed E-state index contributed by atoms with van der Waals surface area (Å²) in [6.07, 6.45) is -3.75. The van der Waals surface area contributed by atoms with Gasteiger partial charge >= 0.3 is 223 Å². The number of hydrogen-bond donors (Lipinski definition) is 0. The molecule has 0 bridgehead atoms. The Hall–Kier alpha value is -2.72. The first-order valence-electron chi connectivity index (χ1n) is 11.5. The Kier molecular flexibility index (Phi) is 8.94. The van der Waals surface area contributed by atoms with Crippen LogP contribution in [0.3, 0.4) is 0 Å². The van der Waals surface area contributed by atoms with Gasteiger partial charge in [0.25, 0.3) is 0 Å². The third-order valence-electron chi connectivity index (χ3n) is 6.40. The monoisotopic (exact) mass is 570 g/mol. The molecule has 0 aliphatic heterocycles. The van der Waals surface area contributed by atoms with E-state index in [1.165, 1.54) is 12.1 Å². The summed E-state index contributed by atoms with van der Waals surface area (Å²) in [5.41, 5.74) is 1.68. The van der Waals surface area contributed by atoms with E-state index in [1.54, 1.807) is 26.0 Å². The molecule has 0 heterocycles. The Morgan fingerprint density at radius 3 is 2.17 bits per heavy atom. The van der Waals surface area contributed by atoms with Gasteiger partial charge in [-0.15, -0.1) is 0 Å². The molecular formula is C29H27AsClF3N2. The van der Waals surface area contributed by atoms with Crippen LogP contribution in [0.2, 0.25) is 9.73 Å². The van der Waals surface area contributed by atoms with Gasteiger partial charge in [0.1, 0.15) is 0 Å². The van der Waals surface area contributed by atoms with Crippen LogP contribution in [-0.4, -0.2) is 15.8 Å². The third kappa shape index (κ3) is 6.94. The number of alkyl halides is 3. The third-order valence-corrected chi connectivity index (χ3v) is 11.5. The van der Waals surface area contributed by atoms with Crippen LogP contribution in [0.4, 0.5) is 13.2 Å². The van der Waals surface area contributed by atoms with Gasteiger partial charge in [-0.2, -0.15) is 0 Å². The van der Waals surface area contributed by atoms with E-state index in [0.717, 1.165) is 17.2 Å². The molecule has 0 aromatic heterocycles. The van der Waals surface area contributed by atoms with Crippen LogP contribution in [0.15, 0.2) is 72.8 Å². The Balaban J connectivity index is 2.02. The molecule has 0 spiro atoms. The summed E-state index contributed by atoms with van der Waals surface area (Å²) < 4.78 is 40.2. The van der Waals surface area contributed by atoms with Crippen molar-refractivity contribution in [2.24, 2.45) is 5.41 Å². The van der Waals surface area contributed by atoms with Crippen molar-refractivity contribution in [3.63, 3.8) is 0 Å². The predicted molar refractivity (Wildman–Crippen MR) is 139 cm³/mol. The minimum atomic E-state index is -4.45. The molecule has 0 saturated carbocycles. The number of benzene rings is 3. The summed E-state index contributed by atoms with van der Waals surface area (Å²) >= 11 is 5.08. The van der Waals surface area contributed by atoms with Crippen molar-refractivity contribution < 1.29 is 13.2 Å². The van der Waals surface area contributed by atoms with E-state index in [1.807, 2.05) is 42.5 Å². The minimum absolute atomic E-state index is 0.0299. The molecule has 0 N–H and O–H groups in total. The molecule has 2 unspecified atom stereocenters. The summed E-state index contributed by atoms with van der Waals surface area (Å²) in [4.78, 5) is 0. The fourth-order valence-corrected chi connectivity index (χ4v) is 8.51. The van der Waals surface area contributed by atoms with E-state index in [-0.39, 0.29) is 15.3 Å². The molecule has 7 heteroatoms. The van der Waals surface area contributed by atoms with Crippen molar-refractivity contribution in [1.82, 2.24) is 0 Å². The number of nitrogens with zero attached hydrogens (tertiary/aromatic N) is 2. The van der Waals surface area contributed by atoms with E-state index in [2.05, 4.69) is 19.1 Å². The molecule has 2 nitrogen and oxygen atoms in total. The van der Waals surface area contributed by atoms with Crippen molar-refractivity contribution in [3.05, 3.63) is 106 Å². The van der Waals surface area contributed by atoms with Gasteiger partial charge in [-0.3, -0.25) is 0 Å². The first-order valence-corrected chi connectivity index (χ1v) is 14.3. The van der Waals surface area contributed by atoms with Crippen LogP contribution in [0.5, 0.6) is 0 Å². The van der Waals surface area contributed by atoms with Crippen LogP contribution in [0.25, 0.3) is 0 Å². The zero-order chi connectivity index (χ0) is 26.5. The van der Waals surface area contributed by atoms with Gasteiger partial charge in [0.2, 0.25) is 0 Å². The van der Waals surface area contributed by atoms with Gasteiger partial charge in [0.15, 0.2) is 0 Å². The Labute approximate surface area is 222 Å². The Morgan fingerprint density at radius 2 is 1.56 bits per heavy atom. The van der Waals surface area contributed by atoms with Gasteiger partial charge in [-0.25, -0.2) is 0 Å². The van der Waals surface area contributed by atoms with Crippen molar-refractivity contribution in [2.75, 3.05) is 0 Å². The second kappa shape index (κ2) is 11.6. The summed E-state index contributed by atoms with van der Waals surface area (Å²) in [6, 6.07) is 25.1. The molecule has 186 valence electrons. The summed E-state index contributed by atoms with van der Waals surface area (Å²) in [6.45, 7) is 5.73. The Bertz CT molecular complexity index is 1270. The molecule has 0 saturated heterocycles. The zero-order valence-electron chi connectivity index (χ0n) is 20.3. The first kappa shape index (κ1) is 27.9. The van der Waals surface area contributed by atoms with Gasteiger partial charge in [-0.05, 0) is 0 Å². The summed E-state index contributed by atoms with van der Waals surface area (Å²) in [7, 11) is 0. The van der Waals surface area contributed by atoms with Gasteiger partial charge < -0.3 is 0 Å². The van der Waals surface area contributed by atoms with Gasteiger partial charge in [-0.1, -0.05) is 0 Å². The number of halogens is 4. The molecule has 3 rings (SSSR count). The van der Waals surface area contributed by atoms with E-state index < -0.39 is 32.9 Å². The van der Waals surface area contributed by atoms with Crippen LogP contribution in [-0.2, 0) is 12.6 Å². The van der Waals surface area contributed by atoms with E-state index in [9.17, 15) is 23.7 Å². The van der Waals surface area contributed by atoms with Crippen molar-refractivity contribution >= 4 is 27.4 Å². The number of rotatable bonds is 8. The maximum absolute atomic E-state index is 13.5. The molecule has 0 aliphatic rings. The predicted octanol–water partition coefficient (Wildman–Crippen LogP) is 8.09. The van der Waals surface area contributed by atoms with Gasteiger partial charge in [0, 0.05) is 0 Å². The molecule has 3 aromatic rings. The molecule has 0 radical (unpaired) electrons. The fourth-order valence-electron chi connectivity index (χ4n) is 4.36. The number of nitriles is 2. The molecule has 4 atom stereocenters. The van der Waals surface area contributed by atoms with Crippen molar-refractivity contribution in [2.45, 2.75) is 48.7 Å². The van der Waals surface area contributed by atoms with Crippen LogP contribution in [0.1, 0.15) is 59.2 Å². The maximum atomic E-state index is 13.5. The van der Waals surface area contributed by atoms with E-state index >= 15 is 0 Å². The van der Waals surface area contributed by atoms with Crippen LogP contribution >= 0.6 is 11.6 Å². The van der Waals surface area contributed by atoms with Gasteiger partial charge in [0.05, 0.1) is 0 Å². The topological polar surface area (TPSA) is 47.6 Å². The van der Waals surface area contributed by atoms with E-state index in [4.69, 9.17) is 11.6 Å². The summed E-state index contributed by atoms with van der Waals surface area (Å²) in [5, 5.41) is 20.0. The van der Waals surface area contributed by atoms with E-state index in [0.29, 0.717) is 22.6 Å². The second-order valence-corrected chi connectivity index (χ2v) is 13.8. The SMILES string of the molecule is C[C@H]([AsH][C@@H](c1cccc(C(F)(F)F)c1)C(C)(C)C#N)C(Cc1ccc(Cl)cc1)c1cccc(C#N)c1. The zero-order valence-corrected chi connectivity index (χ0v) is 23.1. The summed E-state index contributed by atoms with van der Waals surface area (Å²) in [5.74, 6) is 0.0299. The molecule has 3 aromatic carbocycles. The first-order chi connectivity index (χ1) is 16.9. The average Bonchev–Trinajstić information content (AvgIpc) is 2.86. The average molecular weight is 571 g/mol. The molecule has 36 heavy (non-hydrogen) atoms. The molecular weight excluding hydrogens is 544 g/mol. The standard InChI is InChI=1S/C29H27AsClF3N2/c1-19(30-27(28(2,3)18-36)23-8-5-9-24(16-23)29(32,33)34)26(15-20-10-12-25(31)13-11-20)22-7-4-6-21(14-22)17-35/h4-14,16,19,26-27,30H,15H2,1-3H3/t19-,26?,27-/m0/s1. The van der Waals surface area contributed by atoms with Crippen molar-refractivity contribution in [1.29, 1.82) is 10.5 Å². The molecule has 0 aliphatic carbocycles. The Morgan fingerprint density at radius 1 is 0.917 bits per heavy atom. The number of hydrogen-bond acceptors (Lipinski definition) is 2. The molecule has 0 amide bonds. The van der Waals surface area contributed by atoms with Crippen LogP contribution in [0, 0.1) is 28.1 Å². The van der Waals surface area contributed by atoms with Crippen molar-refractivity contribution in [3.8, 4) is 12.1 Å². The quantitative estimate of drug-likeness (QED) is 0.257. The normalized spacial score (nSPS) is 14.7. The fraction of sp³-hybridized carbons (Fsp3) is 0.310. The van der Waals surface area contributed by atoms with Crippen LogP contribution < -0.4 is 0 Å².